The number of carboxylic acid groups (broad SMARTS) is 1. The number of nitrogen functional groups attached to an aromatic ring is 1. The van der Waals surface area contributed by atoms with Crippen LogP contribution in [0.3, 0.4) is 0 Å². The highest BCUT2D eigenvalue weighted by Gasteiger charge is 2.29. The molecular weight excluding hydrogens is 240 g/mol. The Morgan fingerprint density at radius 2 is 1.79 bits per heavy atom. The first-order chi connectivity index (χ1) is 9.13. The molecule has 4 nitrogen and oxygen atoms in total. The summed E-state index contributed by atoms with van der Waals surface area (Å²) in [5, 5.41) is 9.01. The molecule has 2 fully saturated rings. The van der Waals surface area contributed by atoms with Crippen LogP contribution in [0.5, 0.6) is 0 Å². The number of nitrogens with two attached hydrogens (primary N) is 1. The summed E-state index contributed by atoms with van der Waals surface area (Å²) in [4.78, 5) is 13.4. The Kier molecular flexibility index (Phi) is 3.09. The molecule has 0 amide bonds. The van der Waals surface area contributed by atoms with Gasteiger partial charge in [-0.25, -0.2) is 4.79 Å². The summed E-state index contributed by atoms with van der Waals surface area (Å²) in [5.74, 6) is 0.679. The van der Waals surface area contributed by atoms with Crippen LogP contribution in [-0.2, 0) is 0 Å². The van der Waals surface area contributed by atoms with Gasteiger partial charge >= 0.3 is 5.97 Å². The van der Waals surface area contributed by atoms with E-state index in [-0.39, 0.29) is 5.56 Å². The maximum atomic E-state index is 11.0. The predicted molar refractivity (Wildman–Crippen MR) is 75.5 cm³/mol. The molecule has 1 aromatic carbocycles. The lowest BCUT2D eigenvalue weighted by Gasteiger charge is -2.25. The van der Waals surface area contributed by atoms with Crippen molar-refractivity contribution in [1.82, 2.24) is 0 Å². The molecule has 0 heterocycles. The zero-order valence-corrected chi connectivity index (χ0v) is 11.0. The quantitative estimate of drug-likeness (QED) is 0.771. The summed E-state index contributed by atoms with van der Waals surface area (Å²) in [6, 6.07) is 5.33. The lowest BCUT2D eigenvalue weighted by Crippen LogP contribution is -2.28. The van der Waals surface area contributed by atoms with Gasteiger partial charge in [-0.2, -0.15) is 0 Å². The average molecular weight is 260 g/mol. The number of aromatic carboxylic acids is 1. The van der Waals surface area contributed by atoms with Gasteiger partial charge in [-0.1, -0.05) is 0 Å². The summed E-state index contributed by atoms with van der Waals surface area (Å²) in [6.45, 7) is 2.17. The molecule has 2 saturated carbocycles. The van der Waals surface area contributed by atoms with Crippen LogP contribution in [0.25, 0.3) is 0 Å². The minimum Gasteiger partial charge on any atom is -0.478 e. The van der Waals surface area contributed by atoms with Crippen molar-refractivity contribution in [3.63, 3.8) is 0 Å². The van der Waals surface area contributed by atoms with Crippen molar-refractivity contribution in [3.05, 3.63) is 23.8 Å². The molecule has 0 atom stereocenters. The molecule has 0 radical (unpaired) electrons. The lowest BCUT2D eigenvalue weighted by molar-refractivity contribution is 0.0698. The molecule has 0 bridgehead atoms. The monoisotopic (exact) mass is 260 g/mol. The first-order valence-electron chi connectivity index (χ1n) is 7.01. The van der Waals surface area contributed by atoms with Crippen LogP contribution in [0, 0.1) is 11.8 Å². The zero-order chi connectivity index (χ0) is 13.4. The van der Waals surface area contributed by atoms with E-state index in [2.05, 4.69) is 4.90 Å². The highest BCUT2D eigenvalue weighted by Crippen LogP contribution is 2.36. The molecule has 0 spiro atoms. The number of hydrogen-bond acceptors (Lipinski definition) is 3. The molecule has 0 unspecified atom stereocenters. The number of carbonyl (C=O) groups is 1. The Morgan fingerprint density at radius 1 is 1.21 bits per heavy atom. The third-order valence-corrected chi connectivity index (χ3v) is 3.98. The van der Waals surface area contributed by atoms with Gasteiger partial charge in [0.2, 0.25) is 0 Å². The molecule has 0 aromatic heterocycles. The van der Waals surface area contributed by atoms with Gasteiger partial charge in [0, 0.05) is 24.5 Å². The van der Waals surface area contributed by atoms with Crippen LogP contribution in [0.4, 0.5) is 11.4 Å². The van der Waals surface area contributed by atoms with Crippen LogP contribution in [0.1, 0.15) is 36.0 Å². The molecule has 2 aliphatic rings. The van der Waals surface area contributed by atoms with Crippen molar-refractivity contribution in [3.8, 4) is 0 Å². The summed E-state index contributed by atoms with van der Waals surface area (Å²) < 4.78 is 0. The number of nitrogens with zero attached hydrogens (tertiary/aromatic N) is 1. The summed E-state index contributed by atoms with van der Waals surface area (Å²) in [7, 11) is 0. The third-order valence-electron chi connectivity index (χ3n) is 3.98. The molecule has 19 heavy (non-hydrogen) atoms. The highest BCUT2D eigenvalue weighted by atomic mass is 16.4. The molecule has 3 N–H and O–H groups in total. The highest BCUT2D eigenvalue weighted by molar-refractivity contribution is 5.94. The van der Waals surface area contributed by atoms with Crippen LogP contribution in [0.2, 0.25) is 0 Å². The topological polar surface area (TPSA) is 66.6 Å². The molecule has 4 heteroatoms. The van der Waals surface area contributed by atoms with E-state index in [9.17, 15) is 4.79 Å². The Balaban J connectivity index is 1.79. The second-order valence-corrected chi connectivity index (χ2v) is 5.87. The molecule has 3 rings (SSSR count). The van der Waals surface area contributed by atoms with E-state index >= 15 is 0 Å². The SMILES string of the molecule is Nc1cc(N(CC2CC2)CC2CC2)ccc1C(=O)O. The average Bonchev–Trinajstić information content (AvgIpc) is 3.22. The number of rotatable bonds is 6. The molecule has 0 aliphatic heterocycles. The van der Waals surface area contributed by atoms with Crippen LogP contribution < -0.4 is 10.6 Å². The van der Waals surface area contributed by atoms with Crippen molar-refractivity contribution in [2.24, 2.45) is 11.8 Å². The standard InChI is InChI=1S/C15H20N2O2/c16-14-7-12(5-6-13(14)15(18)19)17(8-10-1-2-10)9-11-3-4-11/h5-7,10-11H,1-4,8-9,16H2,(H,18,19). The molecule has 102 valence electrons. The second kappa shape index (κ2) is 4.76. The maximum absolute atomic E-state index is 11.0. The number of hydrogen-bond donors (Lipinski definition) is 2. The minimum atomic E-state index is -0.958. The van der Waals surface area contributed by atoms with Crippen LogP contribution in [0.15, 0.2) is 18.2 Å². The molecule has 2 aliphatic carbocycles. The van der Waals surface area contributed by atoms with E-state index in [1.807, 2.05) is 12.1 Å². The second-order valence-electron chi connectivity index (χ2n) is 5.87. The maximum Gasteiger partial charge on any atom is 0.337 e. The van der Waals surface area contributed by atoms with E-state index in [0.29, 0.717) is 5.69 Å². The molecule has 0 saturated heterocycles. The van der Waals surface area contributed by atoms with Crippen LogP contribution in [-0.4, -0.2) is 24.2 Å². The van der Waals surface area contributed by atoms with Crippen molar-refractivity contribution in [1.29, 1.82) is 0 Å². The lowest BCUT2D eigenvalue weighted by atomic mass is 10.1. The molecular formula is C15H20N2O2. The Morgan fingerprint density at radius 3 is 2.21 bits per heavy atom. The van der Waals surface area contributed by atoms with Gasteiger partial charge in [0.25, 0.3) is 0 Å². The Hall–Kier alpha value is -1.71. The first kappa shape index (κ1) is 12.3. The van der Waals surface area contributed by atoms with Gasteiger partial charge in [0.15, 0.2) is 0 Å². The van der Waals surface area contributed by atoms with Crippen molar-refractivity contribution >= 4 is 17.3 Å². The van der Waals surface area contributed by atoms with Gasteiger partial charge < -0.3 is 15.7 Å². The number of benzene rings is 1. The van der Waals surface area contributed by atoms with Gasteiger partial charge in [-0.05, 0) is 55.7 Å². The smallest absolute Gasteiger partial charge is 0.337 e. The summed E-state index contributed by atoms with van der Waals surface area (Å²) >= 11 is 0. The third kappa shape index (κ3) is 3.00. The molecule has 1 aromatic rings. The Bertz CT molecular complexity index is 479. The van der Waals surface area contributed by atoms with E-state index in [1.165, 1.54) is 25.7 Å². The minimum absolute atomic E-state index is 0.196. The number of carboxylic acids is 1. The van der Waals surface area contributed by atoms with Gasteiger partial charge in [-0.15, -0.1) is 0 Å². The van der Waals surface area contributed by atoms with E-state index in [0.717, 1.165) is 30.6 Å². The van der Waals surface area contributed by atoms with Gasteiger partial charge in [-0.3, -0.25) is 0 Å². The van der Waals surface area contributed by atoms with Crippen LogP contribution >= 0.6 is 0 Å². The van der Waals surface area contributed by atoms with Gasteiger partial charge in [0.1, 0.15) is 0 Å². The zero-order valence-electron chi connectivity index (χ0n) is 11.0. The fourth-order valence-electron chi connectivity index (χ4n) is 2.45. The summed E-state index contributed by atoms with van der Waals surface area (Å²) in [5.41, 5.74) is 7.47. The van der Waals surface area contributed by atoms with Crippen molar-refractivity contribution in [2.75, 3.05) is 23.7 Å². The Labute approximate surface area is 113 Å². The fraction of sp³-hybridized carbons (Fsp3) is 0.533. The van der Waals surface area contributed by atoms with Gasteiger partial charge in [0.05, 0.1) is 5.56 Å². The normalized spacial score (nSPS) is 18.3. The largest absolute Gasteiger partial charge is 0.478 e. The number of anilines is 2. The van der Waals surface area contributed by atoms with Crippen molar-refractivity contribution in [2.45, 2.75) is 25.7 Å². The summed E-state index contributed by atoms with van der Waals surface area (Å²) in [6.07, 6.45) is 5.29. The van der Waals surface area contributed by atoms with E-state index in [4.69, 9.17) is 10.8 Å². The first-order valence-corrected chi connectivity index (χ1v) is 7.01. The fourth-order valence-corrected chi connectivity index (χ4v) is 2.45. The van der Waals surface area contributed by atoms with Crippen molar-refractivity contribution < 1.29 is 9.90 Å². The van der Waals surface area contributed by atoms with E-state index < -0.39 is 5.97 Å². The van der Waals surface area contributed by atoms with E-state index in [1.54, 1.807) is 6.07 Å². The predicted octanol–water partition coefficient (Wildman–Crippen LogP) is 2.59.